The molecule has 18 heavy (non-hydrogen) atoms. The van der Waals surface area contributed by atoms with Crippen LogP contribution in [-0.4, -0.2) is 13.2 Å². The summed E-state index contributed by atoms with van der Waals surface area (Å²) in [5, 5.41) is 3.56. The standard InChI is InChI=1S/C15H24BrNO/c1-4-5-6-7-12(2)17-11-13-10-14(18-3)8-9-15(13)16/h8-10,12,17H,4-7,11H2,1-3H3. The molecule has 0 aromatic heterocycles. The lowest BCUT2D eigenvalue weighted by Gasteiger charge is -2.15. The Morgan fingerprint density at radius 3 is 2.78 bits per heavy atom. The van der Waals surface area contributed by atoms with Crippen molar-refractivity contribution >= 4 is 15.9 Å². The zero-order valence-corrected chi connectivity index (χ0v) is 13.2. The normalized spacial score (nSPS) is 12.4. The third-order valence-electron chi connectivity index (χ3n) is 3.13. The molecule has 1 aromatic rings. The maximum Gasteiger partial charge on any atom is 0.119 e. The quantitative estimate of drug-likeness (QED) is 0.713. The summed E-state index contributed by atoms with van der Waals surface area (Å²) in [4.78, 5) is 0. The minimum absolute atomic E-state index is 0.564. The second-order valence-electron chi connectivity index (χ2n) is 4.74. The Balaban J connectivity index is 2.42. The third kappa shape index (κ3) is 5.40. The van der Waals surface area contributed by atoms with Crippen LogP contribution in [0.2, 0.25) is 0 Å². The van der Waals surface area contributed by atoms with Crippen LogP contribution < -0.4 is 10.1 Å². The van der Waals surface area contributed by atoms with Gasteiger partial charge in [-0.15, -0.1) is 0 Å². The van der Waals surface area contributed by atoms with Gasteiger partial charge in [-0.25, -0.2) is 0 Å². The van der Waals surface area contributed by atoms with Crippen molar-refractivity contribution in [2.24, 2.45) is 0 Å². The largest absolute Gasteiger partial charge is 0.497 e. The molecule has 0 bridgehead atoms. The van der Waals surface area contributed by atoms with Crippen molar-refractivity contribution in [2.45, 2.75) is 52.1 Å². The fourth-order valence-corrected chi connectivity index (χ4v) is 2.29. The number of unbranched alkanes of at least 4 members (excludes halogenated alkanes) is 2. The first-order valence-electron chi connectivity index (χ1n) is 6.73. The molecule has 1 rings (SSSR count). The Labute approximate surface area is 119 Å². The molecule has 0 amide bonds. The van der Waals surface area contributed by atoms with Gasteiger partial charge in [0.05, 0.1) is 7.11 Å². The fourth-order valence-electron chi connectivity index (χ4n) is 1.90. The molecule has 0 aliphatic rings. The predicted octanol–water partition coefficient (Wildman–Crippen LogP) is 4.52. The second kappa shape index (κ2) is 8.54. The van der Waals surface area contributed by atoms with Gasteiger partial charge in [0.2, 0.25) is 0 Å². The molecule has 1 atom stereocenters. The average Bonchev–Trinajstić information content (AvgIpc) is 2.38. The molecule has 2 nitrogen and oxygen atoms in total. The van der Waals surface area contributed by atoms with E-state index in [1.807, 2.05) is 12.1 Å². The van der Waals surface area contributed by atoms with Crippen molar-refractivity contribution < 1.29 is 4.74 Å². The van der Waals surface area contributed by atoms with Gasteiger partial charge >= 0.3 is 0 Å². The molecule has 0 saturated carbocycles. The van der Waals surface area contributed by atoms with Gasteiger partial charge in [0, 0.05) is 17.1 Å². The topological polar surface area (TPSA) is 21.3 Å². The van der Waals surface area contributed by atoms with Gasteiger partial charge in [-0.2, -0.15) is 0 Å². The van der Waals surface area contributed by atoms with Crippen LogP contribution in [0.4, 0.5) is 0 Å². The SMILES string of the molecule is CCCCCC(C)NCc1cc(OC)ccc1Br. The first kappa shape index (κ1) is 15.5. The van der Waals surface area contributed by atoms with E-state index in [1.54, 1.807) is 7.11 Å². The number of hydrogen-bond acceptors (Lipinski definition) is 2. The van der Waals surface area contributed by atoms with E-state index in [2.05, 4.69) is 41.2 Å². The summed E-state index contributed by atoms with van der Waals surface area (Å²) in [6.07, 6.45) is 5.17. The van der Waals surface area contributed by atoms with Crippen molar-refractivity contribution in [3.63, 3.8) is 0 Å². The molecule has 0 radical (unpaired) electrons. The highest BCUT2D eigenvalue weighted by Gasteiger charge is 2.05. The Bertz CT molecular complexity index is 354. The van der Waals surface area contributed by atoms with E-state index in [0.29, 0.717) is 6.04 Å². The molecule has 3 heteroatoms. The monoisotopic (exact) mass is 313 g/mol. The van der Waals surface area contributed by atoms with E-state index in [1.165, 1.54) is 31.2 Å². The van der Waals surface area contributed by atoms with E-state index in [-0.39, 0.29) is 0 Å². The highest BCUT2D eigenvalue weighted by Crippen LogP contribution is 2.22. The lowest BCUT2D eigenvalue weighted by Crippen LogP contribution is -2.25. The summed E-state index contributed by atoms with van der Waals surface area (Å²) in [6.45, 7) is 5.38. The van der Waals surface area contributed by atoms with E-state index >= 15 is 0 Å². The Morgan fingerprint density at radius 1 is 1.33 bits per heavy atom. The van der Waals surface area contributed by atoms with E-state index in [9.17, 15) is 0 Å². The van der Waals surface area contributed by atoms with Crippen molar-refractivity contribution in [3.05, 3.63) is 28.2 Å². The summed E-state index contributed by atoms with van der Waals surface area (Å²) in [6, 6.07) is 6.65. The molecule has 1 unspecified atom stereocenters. The summed E-state index contributed by atoms with van der Waals surface area (Å²) in [5.41, 5.74) is 1.25. The fraction of sp³-hybridized carbons (Fsp3) is 0.600. The Hall–Kier alpha value is -0.540. The number of halogens is 1. The van der Waals surface area contributed by atoms with Crippen LogP contribution in [-0.2, 0) is 6.54 Å². The number of nitrogens with one attached hydrogen (secondary N) is 1. The van der Waals surface area contributed by atoms with Crippen molar-refractivity contribution in [1.29, 1.82) is 0 Å². The van der Waals surface area contributed by atoms with Crippen LogP contribution in [0.3, 0.4) is 0 Å². The summed E-state index contributed by atoms with van der Waals surface area (Å²) < 4.78 is 6.38. The molecule has 0 spiro atoms. The van der Waals surface area contributed by atoms with Crippen molar-refractivity contribution in [2.75, 3.05) is 7.11 Å². The summed E-state index contributed by atoms with van der Waals surface area (Å²) >= 11 is 3.58. The lowest BCUT2D eigenvalue weighted by atomic mass is 10.1. The van der Waals surface area contributed by atoms with Gasteiger partial charge in [-0.3, -0.25) is 0 Å². The van der Waals surface area contributed by atoms with Gasteiger partial charge in [-0.1, -0.05) is 42.1 Å². The van der Waals surface area contributed by atoms with Crippen LogP contribution in [0, 0.1) is 0 Å². The Morgan fingerprint density at radius 2 is 2.11 bits per heavy atom. The molecule has 0 aliphatic heterocycles. The molecule has 0 heterocycles. The zero-order valence-electron chi connectivity index (χ0n) is 11.6. The first-order valence-corrected chi connectivity index (χ1v) is 7.52. The zero-order chi connectivity index (χ0) is 13.4. The minimum Gasteiger partial charge on any atom is -0.497 e. The number of hydrogen-bond donors (Lipinski definition) is 1. The van der Waals surface area contributed by atoms with Crippen LogP contribution in [0.5, 0.6) is 5.75 Å². The minimum atomic E-state index is 0.564. The van der Waals surface area contributed by atoms with Gasteiger partial charge < -0.3 is 10.1 Å². The smallest absolute Gasteiger partial charge is 0.119 e. The molecule has 0 fully saturated rings. The average molecular weight is 314 g/mol. The van der Waals surface area contributed by atoms with Gasteiger partial charge in [0.1, 0.15) is 5.75 Å². The number of rotatable bonds is 8. The van der Waals surface area contributed by atoms with Crippen LogP contribution in [0.25, 0.3) is 0 Å². The molecule has 102 valence electrons. The molecule has 1 aromatic carbocycles. The molecule has 0 saturated heterocycles. The second-order valence-corrected chi connectivity index (χ2v) is 5.59. The first-order chi connectivity index (χ1) is 8.67. The summed E-state index contributed by atoms with van der Waals surface area (Å²) in [7, 11) is 1.70. The summed E-state index contributed by atoms with van der Waals surface area (Å²) in [5.74, 6) is 0.911. The highest BCUT2D eigenvalue weighted by molar-refractivity contribution is 9.10. The van der Waals surface area contributed by atoms with Gasteiger partial charge in [-0.05, 0) is 37.1 Å². The Kier molecular flexibility index (Phi) is 7.36. The predicted molar refractivity (Wildman–Crippen MR) is 81.1 cm³/mol. The van der Waals surface area contributed by atoms with E-state index in [0.717, 1.165) is 16.8 Å². The number of ether oxygens (including phenoxy) is 1. The molecular formula is C15H24BrNO. The van der Waals surface area contributed by atoms with E-state index in [4.69, 9.17) is 4.74 Å². The van der Waals surface area contributed by atoms with E-state index < -0.39 is 0 Å². The number of methoxy groups -OCH3 is 1. The highest BCUT2D eigenvalue weighted by atomic mass is 79.9. The lowest BCUT2D eigenvalue weighted by molar-refractivity contribution is 0.413. The molecular weight excluding hydrogens is 290 g/mol. The number of benzene rings is 1. The maximum absolute atomic E-state index is 5.25. The van der Waals surface area contributed by atoms with Crippen molar-refractivity contribution in [3.8, 4) is 5.75 Å². The van der Waals surface area contributed by atoms with Crippen LogP contribution in [0.15, 0.2) is 22.7 Å². The van der Waals surface area contributed by atoms with Crippen LogP contribution in [0.1, 0.15) is 45.1 Å². The van der Waals surface area contributed by atoms with Gasteiger partial charge in [0.25, 0.3) is 0 Å². The van der Waals surface area contributed by atoms with Crippen molar-refractivity contribution in [1.82, 2.24) is 5.32 Å². The van der Waals surface area contributed by atoms with Gasteiger partial charge in [0.15, 0.2) is 0 Å². The van der Waals surface area contributed by atoms with Crippen LogP contribution >= 0.6 is 15.9 Å². The molecule has 1 N–H and O–H groups in total. The third-order valence-corrected chi connectivity index (χ3v) is 3.91. The maximum atomic E-state index is 5.25. The molecule has 0 aliphatic carbocycles.